The van der Waals surface area contributed by atoms with Crippen molar-refractivity contribution in [2.45, 2.75) is 45.6 Å². The van der Waals surface area contributed by atoms with Crippen LogP contribution in [0.2, 0.25) is 0 Å². The second kappa shape index (κ2) is 7.13. The topological polar surface area (TPSA) is 39.7 Å². The summed E-state index contributed by atoms with van der Waals surface area (Å²) in [4.78, 5) is 6.95. The minimum absolute atomic E-state index is 0.627. The Kier molecular flexibility index (Phi) is 5.49. The summed E-state index contributed by atoms with van der Waals surface area (Å²) in [7, 11) is 1.86. The third-order valence-electron chi connectivity index (χ3n) is 4.34. The Morgan fingerprint density at radius 1 is 1.21 bits per heavy atom. The zero-order valence-corrected chi connectivity index (χ0v) is 12.8. The van der Waals surface area contributed by atoms with Gasteiger partial charge < -0.3 is 10.6 Å². The molecule has 0 spiro atoms. The molecule has 110 valence electrons. The van der Waals surface area contributed by atoms with E-state index in [0.29, 0.717) is 12.0 Å². The zero-order valence-electron chi connectivity index (χ0n) is 12.8. The van der Waals surface area contributed by atoms with Crippen molar-refractivity contribution in [2.75, 3.05) is 33.2 Å². The Bertz CT molecular complexity index is 291. The maximum atomic E-state index is 4.32. The van der Waals surface area contributed by atoms with Gasteiger partial charge in [-0.25, -0.2) is 0 Å². The number of rotatable bonds is 6. The monoisotopic (exact) mass is 266 g/mol. The van der Waals surface area contributed by atoms with Crippen LogP contribution in [0.5, 0.6) is 0 Å². The highest BCUT2D eigenvalue weighted by Crippen LogP contribution is 2.27. The van der Waals surface area contributed by atoms with Gasteiger partial charge in [-0.15, -0.1) is 0 Å². The van der Waals surface area contributed by atoms with Gasteiger partial charge in [0.05, 0.1) is 0 Å². The molecular formula is C15H30N4. The summed E-state index contributed by atoms with van der Waals surface area (Å²) in [6, 6.07) is 0.627. The van der Waals surface area contributed by atoms with E-state index >= 15 is 0 Å². The Hall–Kier alpha value is -0.770. The average molecular weight is 266 g/mol. The summed E-state index contributed by atoms with van der Waals surface area (Å²) in [5.74, 6) is 2.54. The second-order valence-corrected chi connectivity index (χ2v) is 6.33. The van der Waals surface area contributed by atoms with E-state index in [1.165, 1.54) is 38.8 Å². The number of nitrogens with one attached hydrogen (secondary N) is 2. The van der Waals surface area contributed by atoms with Crippen LogP contribution in [0.4, 0.5) is 0 Å². The molecule has 2 aliphatic rings. The molecule has 1 aliphatic heterocycles. The summed E-state index contributed by atoms with van der Waals surface area (Å²) >= 11 is 0. The first-order chi connectivity index (χ1) is 9.20. The van der Waals surface area contributed by atoms with Crippen molar-refractivity contribution in [3.63, 3.8) is 0 Å². The van der Waals surface area contributed by atoms with Crippen LogP contribution in [-0.4, -0.2) is 50.1 Å². The predicted molar refractivity (Wildman–Crippen MR) is 81.5 cm³/mol. The minimum atomic E-state index is 0.627. The Morgan fingerprint density at radius 2 is 1.89 bits per heavy atom. The van der Waals surface area contributed by atoms with Gasteiger partial charge in [-0.2, -0.15) is 0 Å². The molecular weight excluding hydrogens is 236 g/mol. The van der Waals surface area contributed by atoms with E-state index in [1.807, 2.05) is 7.05 Å². The standard InChI is InChI=1S/C15H30N4/c1-12(2)14(19-8-4-5-9-19)11-18-15(16-3)17-10-13-6-7-13/h12-14H,4-11H2,1-3H3,(H2,16,17,18). The fourth-order valence-electron chi connectivity index (χ4n) is 2.84. The van der Waals surface area contributed by atoms with Gasteiger partial charge in [-0.1, -0.05) is 13.8 Å². The molecule has 0 aromatic heterocycles. The lowest BCUT2D eigenvalue weighted by molar-refractivity contribution is 0.192. The second-order valence-electron chi connectivity index (χ2n) is 6.33. The van der Waals surface area contributed by atoms with E-state index in [4.69, 9.17) is 0 Å². The molecule has 4 heteroatoms. The number of hydrogen-bond acceptors (Lipinski definition) is 2. The van der Waals surface area contributed by atoms with Gasteiger partial charge in [0.1, 0.15) is 0 Å². The minimum Gasteiger partial charge on any atom is -0.356 e. The summed E-state index contributed by atoms with van der Waals surface area (Å²) in [5.41, 5.74) is 0. The fraction of sp³-hybridized carbons (Fsp3) is 0.933. The molecule has 2 fully saturated rings. The molecule has 1 heterocycles. The molecule has 0 bridgehead atoms. The third kappa shape index (κ3) is 4.68. The maximum Gasteiger partial charge on any atom is 0.191 e. The number of nitrogens with zero attached hydrogens (tertiary/aromatic N) is 2. The molecule has 0 aromatic carbocycles. The van der Waals surface area contributed by atoms with Crippen molar-refractivity contribution in [3.8, 4) is 0 Å². The van der Waals surface area contributed by atoms with Crippen molar-refractivity contribution < 1.29 is 0 Å². The zero-order chi connectivity index (χ0) is 13.7. The smallest absolute Gasteiger partial charge is 0.191 e. The van der Waals surface area contributed by atoms with Crippen molar-refractivity contribution in [3.05, 3.63) is 0 Å². The van der Waals surface area contributed by atoms with Gasteiger partial charge in [0.2, 0.25) is 0 Å². The van der Waals surface area contributed by atoms with E-state index in [-0.39, 0.29) is 0 Å². The highest BCUT2D eigenvalue weighted by atomic mass is 15.2. The summed E-state index contributed by atoms with van der Waals surface area (Å²) in [5, 5.41) is 6.94. The van der Waals surface area contributed by atoms with Crippen LogP contribution in [0.25, 0.3) is 0 Å². The lowest BCUT2D eigenvalue weighted by Crippen LogP contribution is -2.48. The van der Waals surface area contributed by atoms with Gasteiger partial charge in [0, 0.05) is 26.2 Å². The third-order valence-corrected chi connectivity index (χ3v) is 4.34. The van der Waals surface area contributed by atoms with Crippen molar-refractivity contribution >= 4 is 5.96 Å². The lowest BCUT2D eigenvalue weighted by atomic mass is 10.0. The highest BCUT2D eigenvalue weighted by Gasteiger charge is 2.25. The van der Waals surface area contributed by atoms with Gasteiger partial charge in [0.25, 0.3) is 0 Å². The number of aliphatic imine (C=N–C) groups is 1. The fourth-order valence-corrected chi connectivity index (χ4v) is 2.84. The molecule has 1 saturated heterocycles. The lowest BCUT2D eigenvalue weighted by Gasteiger charge is -2.31. The summed E-state index contributed by atoms with van der Waals surface area (Å²) < 4.78 is 0. The largest absolute Gasteiger partial charge is 0.356 e. The Labute approximate surface area is 118 Å². The normalized spacial score (nSPS) is 22.8. The van der Waals surface area contributed by atoms with E-state index in [1.54, 1.807) is 0 Å². The first-order valence-corrected chi connectivity index (χ1v) is 7.89. The molecule has 2 N–H and O–H groups in total. The highest BCUT2D eigenvalue weighted by molar-refractivity contribution is 5.79. The van der Waals surface area contributed by atoms with E-state index in [0.717, 1.165) is 25.0 Å². The quantitative estimate of drug-likeness (QED) is 0.567. The van der Waals surface area contributed by atoms with Gasteiger partial charge in [0.15, 0.2) is 5.96 Å². The molecule has 4 nitrogen and oxygen atoms in total. The van der Waals surface area contributed by atoms with Gasteiger partial charge >= 0.3 is 0 Å². The van der Waals surface area contributed by atoms with Crippen LogP contribution in [0.3, 0.4) is 0 Å². The van der Waals surface area contributed by atoms with Crippen molar-refractivity contribution in [1.29, 1.82) is 0 Å². The number of likely N-dealkylation sites (tertiary alicyclic amines) is 1. The van der Waals surface area contributed by atoms with Crippen molar-refractivity contribution in [2.24, 2.45) is 16.8 Å². The van der Waals surface area contributed by atoms with Crippen molar-refractivity contribution in [1.82, 2.24) is 15.5 Å². The van der Waals surface area contributed by atoms with E-state index in [2.05, 4.69) is 34.4 Å². The van der Waals surface area contributed by atoms with Crippen LogP contribution >= 0.6 is 0 Å². The molecule has 0 radical (unpaired) electrons. The number of guanidine groups is 1. The first kappa shape index (κ1) is 14.6. The van der Waals surface area contributed by atoms with Gasteiger partial charge in [-0.05, 0) is 50.6 Å². The SMILES string of the molecule is CN=C(NCC1CC1)NCC(C(C)C)N1CCCC1. The Balaban J connectivity index is 1.75. The maximum absolute atomic E-state index is 4.32. The van der Waals surface area contributed by atoms with E-state index < -0.39 is 0 Å². The van der Waals surface area contributed by atoms with Crippen LogP contribution in [0, 0.1) is 11.8 Å². The molecule has 1 unspecified atom stereocenters. The molecule has 2 rings (SSSR count). The molecule has 1 atom stereocenters. The summed E-state index contributed by atoms with van der Waals surface area (Å²) in [6.07, 6.45) is 5.48. The van der Waals surface area contributed by atoms with E-state index in [9.17, 15) is 0 Å². The van der Waals surface area contributed by atoms with Crippen LogP contribution in [0.1, 0.15) is 39.5 Å². The average Bonchev–Trinajstić information content (AvgIpc) is 3.07. The Morgan fingerprint density at radius 3 is 2.42 bits per heavy atom. The van der Waals surface area contributed by atoms with Crippen LogP contribution < -0.4 is 10.6 Å². The predicted octanol–water partition coefficient (Wildman–Crippen LogP) is 1.68. The first-order valence-electron chi connectivity index (χ1n) is 7.89. The molecule has 1 aliphatic carbocycles. The molecule has 0 aromatic rings. The molecule has 19 heavy (non-hydrogen) atoms. The molecule has 1 saturated carbocycles. The van der Waals surface area contributed by atoms with Crippen LogP contribution in [0.15, 0.2) is 4.99 Å². The molecule has 0 amide bonds. The van der Waals surface area contributed by atoms with Gasteiger partial charge in [-0.3, -0.25) is 9.89 Å². The summed E-state index contributed by atoms with van der Waals surface area (Å²) in [6.45, 7) is 9.26. The number of hydrogen-bond donors (Lipinski definition) is 2. The van der Waals surface area contributed by atoms with Crippen LogP contribution in [-0.2, 0) is 0 Å².